The third-order valence-corrected chi connectivity index (χ3v) is 7.75. The Hall–Kier alpha value is -3.00. The fourth-order valence-electron chi connectivity index (χ4n) is 3.21. The second-order valence-electron chi connectivity index (χ2n) is 8.52. The summed E-state index contributed by atoms with van der Waals surface area (Å²) in [5.41, 5.74) is -1.37. The van der Waals surface area contributed by atoms with Crippen molar-refractivity contribution in [2.24, 2.45) is 7.05 Å². The molecule has 0 aliphatic heterocycles. The van der Waals surface area contributed by atoms with Crippen molar-refractivity contribution >= 4 is 27.3 Å². The summed E-state index contributed by atoms with van der Waals surface area (Å²) in [5, 5.41) is 19.7. The number of aromatic nitrogens is 4. The lowest BCUT2D eigenvalue weighted by atomic mass is 10.2. The molecule has 0 fully saturated rings. The fourth-order valence-corrected chi connectivity index (χ4v) is 5.37. The number of sulfone groups is 1. The third kappa shape index (κ3) is 5.64. The summed E-state index contributed by atoms with van der Waals surface area (Å²) in [5.74, 6) is -0.353. The lowest BCUT2D eigenvalue weighted by Crippen LogP contribution is -2.11. The summed E-state index contributed by atoms with van der Waals surface area (Å²) in [6.45, 7) is 6.93. The van der Waals surface area contributed by atoms with Gasteiger partial charge in [-0.25, -0.2) is 8.42 Å². The van der Waals surface area contributed by atoms with Gasteiger partial charge in [0.25, 0.3) is 5.69 Å². The topological polar surface area (TPSA) is 121 Å². The molecular formula is C21H22F3N5O4S2. The van der Waals surface area contributed by atoms with Crippen LogP contribution in [0, 0.1) is 10.1 Å². The molecule has 14 heteroatoms. The smallest absolute Gasteiger partial charge is 0.309 e. The van der Waals surface area contributed by atoms with E-state index in [0.29, 0.717) is 0 Å². The van der Waals surface area contributed by atoms with Crippen LogP contribution in [-0.2, 0) is 23.1 Å². The van der Waals surface area contributed by atoms with Gasteiger partial charge in [0.1, 0.15) is 5.69 Å². The number of hydrogen-bond donors (Lipinski definition) is 0. The minimum atomic E-state index is -4.60. The monoisotopic (exact) mass is 529 g/mol. The van der Waals surface area contributed by atoms with Gasteiger partial charge in [-0.05, 0) is 18.2 Å². The standard InChI is InChI=1S/C21H22F3N5O4S2/c1-6-35(32,33)17-11-15(29(30)31)16(34-20(2,3)4)10-13(17)18-26-27-19(28(18)5)14-9-12(7-8-25-14)21(22,23)24/h7-11H,6H2,1-5H3. The molecule has 0 N–H and O–H groups in total. The van der Waals surface area contributed by atoms with E-state index in [4.69, 9.17) is 0 Å². The highest BCUT2D eigenvalue weighted by molar-refractivity contribution is 8.00. The van der Waals surface area contributed by atoms with Gasteiger partial charge in [-0.2, -0.15) is 13.2 Å². The Morgan fingerprint density at radius 3 is 2.29 bits per heavy atom. The van der Waals surface area contributed by atoms with Crippen molar-refractivity contribution in [3.8, 4) is 22.9 Å². The molecule has 2 heterocycles. The zero-order valence-electron chi connectivity index (χ0n) is 19.4. The molecule has 9 nitrogen and oxygen atoms in total. The average molecular weight is 530 g/mol. The van der Waals surface area contributed by atoms with Crippen LogP contribution in [0.1, 0.15) is 33.3 Å². The summed E-state index contributed by atoms with van der Waals surface area (Å²) in [6.07, 6.45) is -3.61. The summed E-state index contributed by atoms with van der Waals surface area (Å²) in [6, 6.07) is 4.00. The van der Waals surface area contributed by atoms with Crippen LogP contribution in [0.5, 0.6) is 0 Å². The third-order valence-electron chi connectivity index (χ3n) is 4.82. The molecule has 1 aromatic carbocycles. The first-order valence-electron chi connectivity index (χ1n) is 10.2. The van der Waals surface area contributed by atoms with E-state index in [1.807, 2.05) is 20.8 Å². The molecule has 3 aromatic rings. The first-order valence-corrected chi connectivity index (χ1v) is 12.7. The molecule has 188 valence electrons. The zero-order chi connectivity index (χ0) is 26.3. The summed E-state index contributed by atoms with van der Waals surface area (Å²) < 4.78 is 66.1. The van der Waals surface area contributed by atoms with Gasteiger partial charge in [0.15, 0.2) is 21.5 Å². The number of halogens is 3. The Balaban J connectivity index is 2.29. The largest absolute Gasteiger partial charge is 0.416 e. The van der Waals surface area contributed by atoms with Crippen molar-refractivity contribution < 1.29 is 26.5 Å². The van der Waals surface area contributed by atoms with Crippen LogP contribution in [0.4, 0.5) is 18.9 Å². The highest BCUT2D eigenvalue weighted by Gasteiger charge is 2.32. The Morgan fingerprint density at radius 1 is 1.11 bits per heavy atom. The average Bonchev–Trinajstić information content (AvgIpc) is 3.12. The predicted octanol–water partition coefficient (Wildman–Crippen LogP) is 5.16. The van der Waals surface area contributed by atoms with Gasteiger partial charge in [0.05, 0.1) is 26.0 Å². The van der Waals surface area contributed by atoms with Crippen LogP contribution in [0.3, 0.4) is 0 Å². The van der Waals surface area contributed by atoms with E-state index in [2.05, 4.69) is 15.2 Å². The Morgan fingerprint density at radius 2 is 1.74 bits per heavy atom. The molecule has 0 saturated heterocycles. The first kappa shape index (κ1) is 26.6. The molecular weight excluding hydrogens is 507 g/mol. The first-order chi connectivity index (χ1) is 16.0. The van der Waals surface area contributed by atoms with E-state index in [0.717, 1.165) is 24.4 Å². The van der Waals surface area contributed by atoms with Crippen LogP contribution in [0.25, 0.3) is 22.9 Å². The fraction of sp³-hybridized carbons (Fsp3) is 0.381. The van der Waals surface area contributed by atoms with Crippen LogP contribution in [0.2, 0.25) is 0 Å². The molecule has 0 saturated carbocycles. The lowest BCUT2D eigenvalue weighted by molar-refractivity contribution is -0.388. The number of rotatable bonds is 6. The van der Waals surface area contributed by atoms with Gasteiger partial charge in [0, 0.05) is 29.6 Å². The Bertz CT molecular complexity index is 1400. The number of alkyl halides is 3. The minimum absolute atomic E-state index is 0.0110. The highest BCUT2D eigenvalue weighted by Crippen LogP contribution is 2.43. The molecule has 0 unspecified atom stereocenters. The van der Waals surface area contributed by atoms with Crippen molar-refractivity contribution in [3.05, 3.63) is 46.1 Å². The quantitative estimate of drug-likeness (QED) is 0.244. The molecule has 35 heavy (non-hydrogen) atoms. The van der Waals surface area contributed by atoms with Crippen molar-refractivity contribution in [1.82, 2.24) is 19.7 Å². The van der Waals surface area contributed by atoms with Gasteiger partial charge in [-0.1, -0.05) is 27.7 Å². The van der Waals surface area contributed by atoms with Crippen molar-refractivity contribution in [3.63, 3.8) is 0 Å². The summed E-state index contributed by atoms with van der Waals surface area (Å²) in [7, 11) is -2.50. The second-order valence-corrected chi connectivity index (χ2v) is 12.6. The maximum atomic E-state index is 13.2. The minimum Gasteiger partial charge on any atom is -0.309 e. The van der Waals surface area contributed by atoms with Gasteiger partial charge in [0.2, 0.25) is 0 Å². The van der Waals surface area contributed by atoms with Gasteiger partial charge < -0.3 is 4.57 Å². The van der Waals surface area contributed by atoms with E-state index < -0.39 is 31.2 Å². The van der Waals surface area contributed by atoms with Gasteiger partial charge in [-0.15, -0.1) is 22.0 Å². The van der Waals surface area contributed by atoms with Crippen LogP contribution >= 0.6 is 11.8 Å². The normalized spacial score (nSPS) is 12.7. The molecule has 2 aromatic heterocycles. The van der Waals surface area contributed by atoms with E-state index in [1.165, 1.54) is 36.4 Å². The summed E-state index contributed by atoms with van der Waals surface area (Å²) in [4.78, 5) is 15.0. The van der Waals surface area contributed by atoms with Gasteiger partial charge in [-0.3, -0.25) is 15.1 Å². The van der Waals surface area contributed by atoms with Crippen LogP contribution < -0.4 is 0 Å². The Kier molecular flexibility index (Phi) is 7.01. The SMILES string of the molecule is CCS(=O)(=O)c1cc([N+](=O)[O-])c(SC(C)(C)C)cc1-c1nnc(-c2cc(C(F)(F)F)ccn2)n1C. The molecule has 0 amide bonds. The molecule has 0 radical (unpaired) electrons. The molecule has 0 aliphatic rings. The lowest BCUT2D eigenvalue weighted by Gasteiger charge is -2.19. The highest BCUT2D eigenvalue weighted by atomic mass is 32.2. The zero-order valence-corrected chi connectivity index (χ0v) is 21.0. The number of pyridine rings is 1. The number of nitrogens with zero attached hydrogens (tertiary/aromatic N) is 5. The number of benzene rings is 1. The predicted molar refractivity (Wildman–Crippen MR) is 125 cm³/mol. The number of hydrogen-bond acceptors (Lipinski definition) is 8. The number of nitro benzene ring substituents is 1. The van der Waals surface area contributed by atoms with E-state index in [9.17, 15) is 31.7 Å². The molecule has 0 bridgehead atoms. The van der Waals surface area contributed by atoms with Crippen LogP contribution in [-0.4, -0.2) is 43.6 Å². The van der Waals surface area contributed by atoms with Gasteiger partial charge >= 0.3 is 6.18 Å². The maximum Gasteiger partial charge on any atom is 0.416 e. The summed E-state index contributed by atoms with van der Waals surface area (Å²) >= 11 is 1.17. The number of thioether (sulfide) groups is 1. The Labute approximate surface area is 203 Å². The molecule has 3 rings (SSSR count). The number of nitro groups is 1. The van der Waals surface area contributed by atoms with Crippen molar-refractivity contribution in [2.75, 3.05) is 5.75 Å². The van der Waals surface area contributed by atoms with E-state index in [-0.39, 0.29) is 44.1 Å². The van der Waals surface area contributed by atoms with E-state index >= 15 is 0 Å². The molecule has 0 aliphatic carbocycles. The second kappa shape index (κ2) is 9.22. The maximum absolute atomic E-state index is 13.2. The van der Waals surface area contributed by atoms with E-state index in [1.54, 1.807) is 0 Å². The molecule has 0 spiro atoms. The van der Waals surface area contributed by atoms with Crippen molar-refractivity contribution in [2.45, 2.75) is 48.4 Å². The van der Waals surface area contributed by atoms with Crippen LogP contribution in [0.15, 0.2) is 40.3 Å². The molecule has 0 atom stereocenters. The van der Waals surface area contributed by atoms with Crippen molar-refractivity contribution in [1.29, 1.82) is 0 Å².